The minimum atomic E-state index is -2.68. The van der Waals surface area contributed by atoms with E-state index in [1.807, 2.05) is 0 Å². The molecule has 164 valence electrons. The number of ether oxygens (including phenoxy) is 1. The smallest absolute Gasteiger partial charge is 0.394 e. The molecule has 0 unspecified atom stereocenters. The van der Waals surface area contributed by atoms with Gasteiger partial charge in [-0.1, -0.05) is 0 Å². The zero-order valence-corrected chi connectivity index (χ0v) is 19.6. The summed E-state index contributed by atoms with van der Waals surface area (Å²) in [5.41, 5.74) is -1.04. The van der Waals surface area contributed by atoms with Gasteiger partial charge in [-0.25, -0.2) is 0 Å². The van der Waals surface area contributed by atoms with Crippen molar-refractivity contribution >= 4 is 17.6 Å². The molecule has 0 amide bonds. The van der Waals surface area contributed by atoms with Crippen LogP contribution >= 0.6 is 0 Å². The van der Waals surface area contributed by atoms with Crippen molar-refractivity contribution in [2.75, 3.05) is 62.5 Å². The molecular formula is C16H38O9Si2. The number of aliphatic hydroxyl groups excluding tert-OH is 1. The summed E-state index contributed by atoms with van der Waals surface area (Å²) in [6, 6.07) is 1.18. The molecular weight excluding hydrogens is 392 g/mol. The van der Waals surface area contributed by atoms with Crippen molar-refractivity contribution in [1.29, 1.82) is 0 Å². The highest BCUT2D eigenvalue weighted by molar-refractivity contribution is 6.60. The summed E-state index contributed by atoms with van der Waals surface area (Å²) in [4.78, 5) is 0. The zero-order valence-electron chi connectivity index (χ0n) is 17.6. The molecule has 0 heterocycles. The van der Waals surface area contributed by atoms with Gasteiger partial charge in [-0.3, -0.25) is 0 Å². The molecule has 9 nitrogen and oxygen atoms in total. The SMILES string of the molecule is CO[Si](CCCC(O)(CCC[Si](OC)(OC)OC)COCCO)(OC)OC. The van der Waals surface area contributed by atoms with Crippen molar-refractivity contribution in [2.45, 2.75) is 43.4 Å². The average molecular weight is 431 g/mol. The summed E-state index contributed by atoms with van der Waals surface area (Å²) in [5.74, 6) is 0. The third kappa shape index (κ3) is 9.41. The van der Waals surface area contributed by atoms with Gasteiger partial charge >= 0.3 is 17.6 Å². The molecule has 0 aromatic heterocycles. The van der Waals surface area contributed by atoms with E-state index in [0.29, 0.717) is 37.8 Å². The third-order valence-electron chi connectivity index (χ3n) is 4.72. The van der Waals surface area contributed by atoms with Crippen LogP contribution in [0, 0.1) is 0 Å². The quantitative estimate of drug-likeness (QED) is 0.244. The molecule has 0 aliphatic carbocycles. The second kappa shape index (κ2) is 14.1. The molecule has 0 rings (SSSR count). The molecule has 0 saturated carbocycles. The van der Waals surface area contributed by atoms with Gasteiger partial charge in [0.15, 0.2) is 0 Å². The molecule has 0 aliphatic heterocycles. The molecule has 0 aromatic rings. The highest BCUT2D eigenvalue weighted by Crippen LogP contribution is 2.27. The standard InChI is InChI=1S/C16H38O9Si2/c1-19-26(20-2,21-3)13-7-9-16(18,15-25-12-11-17)10-8-14-27(22-4,23-5)24-6/h17-18H,7-15H2,1-6H3. The fourth-order valence-corrected chi connectivity index (χ4v) is 6.42. The van der Waals surface area contributed by atoms with E-state index in [4.69, 9.17) is 36.4 Å². The number of hydrogen-bond donors (Lipinski definition) is 2. The predicted molar refractivity (Wildman–Crippen MR) is 104 cm³/mol. The Bertz CT molecular complexity index is 323. The normalized spacial score (nSPS) is 13.3. The van der Waals surface area contributed by atoms with Crippen molar-refractivity contribution < 1.29 is 41.5 Å². The lowest BCUT2D eigenvalue weighted by molar-refractivity contribution is -0.0641. The Labute approximate surface area is 165 Å². The average Bonchev–Trinajstić information content (AvgIpc) is 2.70. The van der Waals surface area contributed by atoms with Gasteiger partial charge in [-0.2, -0.15) is 0 Å². The molecule has 0 atom stereocenters. The van der Waals surface area contributed by atoms with E-state index < -0.39 is 23.2 Å². The van der Waals surface area contributed by atoms with Gasteiger partial charge in [0.25, 0.3) is 0 Å². The van der Waals surface area contributed by atoms with Crippen LogP contribution in [0.25, 0.3) is 0 Å². The van der Waals surface area contributed by atoms with Crippen LogP contribution < -0.4 is 0 Å². The zero-order chi connectivity index (χ0) is 20.8. The Morgan fingerprint density at radius 2 is 1.07 bits per heavy atom. The molecule has 0 spiro atoms. The first-order chi connectivity index (χ1) is 12.8. The molecule has 0 aliphatic rings. The summed E-state index contributed by atoms with van der Waals surface area (Å²) in [6.07, 6.45) is 2.29. The minimum Gasteiger partial charge on any atom is -0.394 e. The number of rotatable bonds is 18. The van der Waals surface area contributed by atoms with Crippen LogP contribution in [0.15, 0.2) is 0 Å². The van der Waals surface area contributed by atoms with Crippen LogP contribution in [0.5, 0.6) is 0 Å². The fraction of sp³-hybridized carbons (Fsp3) is 1.00. The second-order valence-electron chi connectivity index (χ2n) is 6.30. The first-order valence-electron chi connectivity index (χ1n) is 9.06. The third-order valence-corrected chi connectivity index (χ3v) is 10.4. The highest BCUT2D eigenvalue weighted by atomic mass is 28.4. The van der Waals surface area contributed by atoms with Gasteiger partial charge in [0, 0.05) is 54.7 Å². The molecule has 0 radical (unpaired) electrons. The summed E-state index contributed by atoms with van der Waals surface area (Å²) < 4.78 is 37.9. The Morgan fingerprint density at radius 1 is 0.704 bits per heavy atom. The number of aliphatic hydroxyl groups is 2. The van der Waals surface area contributed by atoms with E-state index in [2.05, 4.69) is 0 Å². The van der Waals surface area contributed by atoms with Gasteiger partial charge < -0.3 is 41.5 Å². The largest absolute Gasteiger partial charge is 0.500 e. The van der Waals surface area contributed by atoms with Crippen LogP contribution in [-0.2, 0) is 31.3 Å². The summed E-state index contributed by atoms with van der Waals surface area (Å²) >= 11 is 0. The van der Waals surface area contributed by atoms with Gasteiger partial charge in [0.2, 0.25) is 0 Å². The lowest BCUT2D eigenvalue weighted by atomic mass is 9.94. The number of hydrogen-bond acceptors (Lipinski definition) is 9. The predicted octanol–water partition coefficient (Wildman–Crippen LogP) is 1.04. The van der Waals surface area contributed by atoms with Crippen molar-refractivity contribution in [3.63, 3.8) is 0 Å². The van der Waals surface area contributed by atoms with Crippen molar-refractivity contribution in [3.05, 3.63) is 0 Å². The Kier molecular flexibility index (Phi) is 14.2. The maximum atomic E-state index is 11.0. The Morgan fingerprint density at radius 3 is 1.37 bits per heavy atom. The van der Waals surface area contributed by atoms with E-state index in [-0.39, 0.29) is 19.8 Å². The lowest BCUT2D eigenvalue weighted by Gasteiger charge is -2.31. The van der Waals surface area contributed by atoms with Crippen molar-refractivity contribution in [2.24, 2.45) is 0 Å². The lowest BCUT2D eigenvalue weighted by Crippen LogP contribution is -2.44. The minimum absolute atomic E-state index is 0.0871. The van der Waals surface area contributed by atoms with Gasteiger partial charge in [-0.15, -0.1) is 0 Å². The first kappa shape index (κ1) is 27.1. The first-order valence-corrected chi connectivity index (χ1v) is 12.9. The molecule has 0 bridgehead atoms. The topological polar surface area (TPSA) is 105 Å². The van der Waals surface area contributed by atoms with Gasteiger partial charge in [-0.05, 0) is 25.7 Å². The molecule has 27 heavy (non-hydrogen) atoms. The molecule has 2 N–H and O–H groups in total. The van der Waals surface area contributed by atoms with Crippen LogP contribution in [0.4, 0.5) is 0 Å². The van der Waals surface area contributed by atoms with Crippen LogP contribution in [0.2, 0.25) is 12.1 Å². The van der Waals surface area contributed by atoms with Crippen molar-refractivity contribution in [3.8, 4) is 0 Å². The summed E-state index contributed by atoms with van der Waals surface area (Å²) in [6.45, 7) is 0.231. The summed E-state index contributed by atoms with van der Waals surface area (Å²) in [7, 11) is 4.06. The maximum Gasteiger partial charge on any atom is 0.500 e. The summed E-state index contributed by atoms with van der Waals surface area (Å²) in [5, 5.41) is 20.0. The Balaban J connectivity index is 4.79. The molecule has 0 saturated heterocycles. The van der Waals surface area contributed by atoms with E-state index in [1.54, 1.807) is 42.7 Å². The molecule has 0 aromatic carbocycles. The van der Waals surface area contributed by atoms with Crippen LogP contribution in [-0.4, -0.2) is 95.9 Å². The van der Waals surface area contributed by atoms with E-state index in [0.717, 1.165) is 0 Å². The van der Waals surface area contributed by atoms with Crippen molar-refractivity contribution in [1.82, 2.24) is 0 Å². The van der Waals surface area contributed by atoms with Gasteiger partial charge in [0.05, 0.1) is 25.4 Å². The monoisotopic (exact) mass is 430 g/mol. The van der Waals surface area contributed by atoms with E-state index in [9.17, 15) is 5.11 Å². The maximum absolute atomic E-state index is 11.0. The Hall–Kier alpha value is 0.0738. The highest BCUT2D eigenvalue weighted by Gasteiger charge is 2.40. The molecule has 0 fully saturated rings. The van der Waals surface area contributed by atoms with Crippen LogP contribution in [0.1, 0.15) is 25.7 Å². The van der Waals surface area contributed by atoms with E-state index in [1.165, 1.54) is 0 Å². The van der Waals surface area contributed by atoms with Crippen LogP contribution in [0.3, 0.4) is 0 Å². The molecule has 11 heteroatoms. The second-order valence-corrected chi connectivity index (χ2v) is 12.5. The van der Waals surface area contributed by atoms with E-state index >= 15 is 0 Å². The van der Waals surface area contributed by atoms with Gasteiger partial charge in [0.1, 0.15) is 0 Å². The fourth-order valence-electron chi connectivity index (χ4n) is 2.98.